The summed E-state index contributed by atoms with van der Waals surface area (Å²) in [5.41, 5.74) is 0.985. The molecule has 0 heterocycles. The summed E-state index contributed by atoms with van der Waals surface area (Å²) in [7, 11) is 0. The van der Waals surface area contributed by atoms with Crippen molar-refractivity contribution in [3.63, 3.8) is 0 Å². The SMILES string of the molecule is Cc1cc(C(=O)NCC2CC2)c(Br)cc1F. The maximum absolute atomic E-state index is 13.2. The Morgan fingerprint density at radius 2 is 2.25 bits per heavy atom. The summed E-state index contributed by atoms with van der Waals surface area (Å²) < 4.78 is 13.7. The van der Waals surface area contributed by atoms with Crippen molar-refractivity contribution in [3.05, 3.63) is 33.5 Å². The van der Waals surface area contributed by atoms with Gasteiger partial charge in [-0.1, -0.05) is 0 Å². The van der Waals surface area contributed by atoms with Gasteiger partial charge in [-0.05, 0) is 59.3 Å². The molecule has 4 heteroatoms. The molecular weight excluding hydrogens is 273 g/mol. The minimum atomic E-state index is -0.300. The monoisotopic (exact) mass is 285 g/mol. The van der Waals surface area contributed by atoms with Gasteiger partial charge in [-0.15, -0.1) is 0 Å². The molecule has 1 aromatic rings. The topological polar surface area (TPSA) is 29.1 Å². The molecule has 86 valence electrons. The molecular formula is C12H13BrFNO. The van der Waals surface area contributed by atoms with E-state index in [0.29, 0.717) is 21.5 Å². The third-order valence-corrected chi connectivity index (χ3v) is 3.40. The molecule has 0 saturated heterocycles. The maximum atomic E-state index is 13.2. The lowest BCUT2D eigenvalue weighted by atomic mass is 10.1. The number of hydrogen-bond donors (Lipinski definition) is 1. The van der Waals surface area contributed by atoms with Crippen LogP contribution >= 0.6 is 15.9 Å². The first-order chi connectivity index (χ1) is 7.58. The highest BCUT2D eigenvalue weighted by Crippen LogP contribution is 2.28. The number of benzene rings is 1. The number of hydrogen-bond acceptors (Lipinski definition) is 1. The van der Waals surface area contributed by atoms with Crippen LogP contribution < -0.4 is 5.32 Å². The van der Waals surface area contributed by atoms with Crippen LogP contribution in [-0.4, -0.2) is 12.5 Å². The average Bonchev–Trinajstić information content (AvgIpc) is 3.03. The molecule has 1 saturated carbocycles. The fourth-order valence-corrected chi connectivity index (χ4v) is 1.98. The highest BCUT2D eigenvalue weighted by atomic mass is 79.9. The van der Waals surface area contributed by atoms with Crippen LogP contribution in [0.1, 0.15) is 28.8 Å². The Bertz CT molecular complexity index is 429. The first-order valence-corrected chi connectivity index (χ1v) is 6.11. The lowest BCUT2D eigenvalue weighted by Crippen LogP contribution is -2.26. The van der Waals surface area contributed by atoms with Gasteiger partial charge < -0.3 is 5.32 Å². The molecule has 1 aromatic carbocycles. The second kappa shape index (κ2) is 4.53. The van der Waals surface area contributed by atoms with E-state index in [1.807, 2.05) is 0 Å². The Balaban J connectivity index is 2.11. The van der Waals surface area contributed by atoms with Gasteiger partial charge in [0.1, 0.15) is 5.82 Å². The summed E-state index contributed by atoms with van der Waals surface area (Å²) in [5, 5.41) is 2.86. The molecule has 1 aliphatic rings. The van der Waals surface area contributed by atoms with Crippen LogP contribution in [0.25, 0.3) is 0 Å². The third-order valence-electron chi connectivity index (χ3n) is 2.74. The Kier molecular flexibility index (Phi) is 3.28. The molecule has 1 aliphatic carbocycles. The smallest absolute Gasteiger partial charge is 0.252 e. The van der Waals surface area contributed by atoms with Crippen molar-refractivity contribution < 1.29 is 9.18 Å². The molecule has 1 fully saturated rings. The van der Waals surface area contributed by atoms with Crippen LogP contribution in [0.5, 0.6) is 0 Å². The Morgan fingerprint density at radius 3 is 2.88 bits per heavy atom. The highest BCUT2D eigenvalue weighted by molar-refractivity contribution is 9.10. The predicted octanol–water partition coefficient (Wildman–Crippen LogP) is 3.04. The summed E-state index contributed by atoms with van der Waals surface area (Å²) >= 11 is 3.20. The van der Waals surface area contributed by atoms with Gasteiger partial charge in [0.15, 0.2) is 0 Å². The number of rotatable bonds is 3. The van der Waals surface area contributed by atoms with Gasteiger partial charge >= 0.3 is 0 Å². The van der Waals surface area contributed by atoms with E-state index >= 15 is 0 Å². The van der Waals surface area contributed by atoms with E-state index in [-0.39, 0.29) is 11.7 Å². The van der Waals surface area contributed by atoms with Crippen LogP contribution in [0.3, 0.4) is 0 Å². The molecule has 0 spiro atoms. The van der Waals surface area contributed by atoms with Crippen LogP contribution in [0.2, 0.25) is 0 Å². The van der Waals surface area contributed by atoms with E-state index in [2.05, 4.69) is 21.2 Å². The molecule has 0 bridgehead atoms. The molecule has 0 radical (unpaired) electrons. The molecule has 1 amide bonds. The Morgan fingerprint density at radius 1 is 1.56 bits per heavy atom. The summed E-state index contributed by atoms with van der Waals surface area (Å²) in [6, 6.07) is 2.91. The largest absolute Gasteiger partial charge is 0.352 e. The van der Waals surface area contributed by atoms with Gasteiger partial charge in [0.25, 0.3) is 5.91 Å². The number of carbonyl (C=O) groups is 1. The zero-order valence-corrected chi connectivity index (χ0v) is 10.6. The maximum Gasteiger partial charge on any atom is 0.252 e. The van der Waals surface area contributed by atoms with Crippen molar-refractivity contribution in [3.8, 4) is 0 Å². The van der Waals surface area contributed by atoms with Crippen LogP contribution in [0, 0.1) is 18.7 Å². The van der Waals surface area contributed by atoms with Gasteiger partial charge in [0, 0.05) is 11.0 Å². The number of halogens is 2. The summed E-state index contributed by atoms with van der Waals surface area (Å²) in [5.74, 6) is 0.205. The number of carbonyl (C=O) groups excluding carboxylic acids is 1. The molecule has 0 aromatic heterocycles. The summed E-state index contributed by atoms with van der Waals surface area (Å²) in [4.78, 5) is 11.8. The molecule has 1 N–H and O–H groups in total. The van der Waals surface area contributed by atoms with Gasteiger partial charge in [0.05, 0.1) is 5.56 Å². The summed E-state index contributed by atoms with van der Waals surface area (Å²) in [6.45, 7) is 2.38. The van der Waals surface area contributed by atoms with E-state index in [9.17, 15) is 9.18 Å². The van der Waals surface area contributed by atoms with Crippen molar-refractivity contribution >= 4 is 21.8 Å². The van der Waals surface area contributed by atoms with Crippen molar-refractivity contribution in [2.45, 2.75) is 19.8 Å². The van der Waals surface area contributed by atoms with Gasteiger partial charge in [-0.3, -0.25) is 4.79 Å². The molecule has 0 aliphatic heterocycles. The number of amides is 1. The quantitative estimate of drug-likeness (QED) is 0.909. The fraction of sp³-hybridized carbons (Fsp3) is 0.417. The lowest BCUT2D eigenvalue weighted by molar-refractivity contribution is 0.0951. The van der Waals surface area contributed by atoms with Crippen LogP contribution in [0.4, 0.5) is 4.39 Å². The average molecular weight is 286 g/mol. The Labute approximate surface area is 102 Å². The molecule has 2 nitrogen and oxygen atoms in total. The van der Waals surface area contributed by atoms with Gasteiger partial charge in [0.2, 0.25) is 0 Å². The standard InChI is InChI=1S/C12H13BrFNO/c1-7-4-9(10(13)5-11(7)14)12(16)15-6-8-2-3-8/h4-5,8H,2-3,6H2,1H3,(H,15,16). The van der Waals surface area contributed by atoms with E-state index in [0.717, 1.165) is 6.54 Å². The van der Waals surface area contributed by atoms with Gasteiger partial charge in [-0.2, -0.15) is 0 Å². The second-order valence-electron chi connectivity index (χ2n) is 4.23. The third kappa shape index (κ3) is 2.61. The fourth-order valence-electron chi connectivity index (χ4n) is 1.49. The van der Waals surface area contributed by atoms with Crippen LogP contribution in [-0.2, 0) is 0 Å². The van der Waals surface area contributed by atoms with E-state index in [1.54, 1.807) is 13.0 Å². The van der Waals surface area contributed by atoms with Crippen molar-refractivity contribution in [1.29, 1.82) is 0 Å². The minimum absolute atomic E-state index is 0.137. The predicted molar refractivity (Wildman–Crippen MR) is 63.9 cm³/mol. The molecule has 2 rings (SSSR count). The lowest BCUT2D eigenvalue weighted by Gasteiger charge is -2.07. The first kappa shape index (κ1) is 11.6. The zero-order chi connectivity index (χ0) is 11.7. The normalized spacial score (nSPS) is 14.9. The summed E-state index contributed by atoms with van der Waals surface area (Å²) in [6.07, 6.45) is 2.40. The van der Waals surface area contributed by atoms with Gasteiger partial charge in [-0.25, -0.2) is 4.39 Å². The molecule has 0 atom stereocenters. The van der Waals surface area contributed by atoms with E-state index < -0.39 is 0 Å². The number of aryl methyl sites for hydroxylation is 1. The second-order valence-corrected chi connectivity index (χ2v) is 5.09. The zero-order valence-electron chi connectivity index (χ0n) is 9.02. The van der Waals surface area contributed by atoms with Crippen molar-refractivity contribution in [1.82, 2.24) is 5.32 Å². The first-order valence-electron chi connectivity index (χ1n) is 5.32. The van der Waals surface area contributed by atoms with Crippen molar-refractivity contribution in [2.24, 2.45) is 5.92 Å². The Hall–Kier alpha value is -0.900. The van der Waals surface area contributed by atoms with Crippen molar-refractivity contribution in [2.75, 3.05) is 6.54 Å². The molecule has 16 heavy (non-hydrogen) atoms. The minimum Gasteiger partial charge on any atom is -0.352 e. The molecule has 0 unspecified atom stereocenters. The van der Waals surface area contributed by atoms with E-state index in [1.165, 1.54) is 18.9 Å². The highest BCUT2D eigenvalue weighted by Gasteiger charge is 2.22. The number of nitrogens with one attached hydrogen (secondary N) is 1. The van der Waals surface area contributed by atoms with E-state index in [4.69, 9.17) is 0 Å². The van der Waals surface area contributed by atoms with Crippen LogP contribution in [0.15, 0.2) is 16.6 Å².